The molecule has 0 aliphatic carbocycles. The quantitative estimate of drug-likeness (QED) is 0.602. The van der Waals surface area contributed by atoms with E-state index in [4.69, 9.17) is 16.3 Å². The number of aromatic nitrogens is 2. The van der Waals surface area contributed by atoms with Crippen molar-refractivity contribution in [3.05, 3.63) is 29.0 Å². The fourth-order valence-corrected chi connectivity index (χ4v) is 2.23. The highest BCUT2D eigenvalue weighted by atomic mass is 35.5. The lowest BCUT2D eigenvalue weighted by atomic mass is 10.3. The summed E-state index contributed by atoms with van der Waals surface area (Å²) >= 11 is 5.95. The van der Waals surface area contributed by atoms with Gasteiger partial charge >= 0.3 is 0 Å². The van der Waals surface area contributed by atoms with Gasteiger partial charge in [-0.2, -0.15) is 0 Å². The number of carbonyl (C=O) groups excluding carboxylic acids is 1. The third-order valence-corrected chi connectivity index (χ3v) is 3.13. The van der Waals surface area contributed by atoms with Crippen LogP contribution in [0.3, 0.4) is 0 Å². The van der Waals surface area contributed by atoms with Crippen molar-refractivity contribution >= 4 is 28.4 Å². The lowest BCUT2D eigenvalue weighted by Gasteiger charge is -2.07. The van der Waals surface area contributed by atoms with Crippen molar-refractivity contribution in [3.63, 3.8) is 0 Å². The van der Waals surface area contributed by atoms with E-state index in [0.29, 0.717) is 30.6 Å². The average Bonchev–Trinajstić information content (AvgIpc) is 2.72. The van der Waals surface area contributed by atoms with Crippen LogP contribution in [-0.2, 0) is 11.3 Å². The van der Waals surface area contributed by atoms with Crippen LogP contribution in [0.5, 0.6) is 0 Å². The summed E-state index contributed by atoms with van der Waals surface area (Å²) in [5.74, 6) is 0.442. The van der Waals surface area contributed by atoms with Crippen molar-refractivity contribution < 1.29 is 9.53 Å². The number of imidazole rings is 1. The predicted octanol–water partition coefficient (Wildman–Crippen LogP) is 3.32. The van der Waals surface area contributed by atoms with Crippen LogP contribution in [0.2, 0.25) is 5.02 Å². The molecular formula is C14H17ClN2O2. The number of nitrogens with zero attached hydrogens (tertiary/aromatic N) is 2. The van der Waals surface area contributed by atoms with Crippen LogP contribution < -0.4 is 0 Å². The first-order chi connectivity index (χ1) is 9.13. The molecule has 0 radical (unpaired) electrons. The molecule has 0 unspecified atom stereocenters. The summed E-state index contributed by atoms with van der Waals surface area (Å²) in [6.07, 6.45) is 0.849. The fourth-order valence-electron chi connectivity index (χ4n) is 2.07. The molecule has 0 N–H and O–H groups in total. The molecule has 102 valence electrons. The summed E-state index contributed by atoms with van der Waals surface area (Å²) in [7, 11) is 0. The van der Waals surface area contributed by atoms with Crippen LogP contribution in [0.25, 0.3) is 11.0 Å². The lowest BCUT2D eigenvalue weighted by molar-refractivity contribution is 0.0997. The van der Waals surface area contributed by atoms with Gasteiger partial charge in [0, 0.05) is 31.7 Å². The number of fused-ring (bicyclic) bond motifs is 1. The molecule has 1 aromatic carbocycles. The van der Waals surface area contributed by atoms with E-state index in [2.05, 4.69) is 4.98 Å². The van der Waals surface area contributed by atoms with Crippen LogP contribution in [0, 0.1) is 0 Å². The van der Waals surface area contributed by atoms with Crippen molar-refractivity contribution in [1.82, 2.24) is 9.55 Å². The Morgan fingerprint density at radius 1 is 1.47 bits per heavy atom. The van der Waals surface area contributed by atoms with Gasteiger partial charge < -0.3 is 9.30 Å². The Kier molecular flexibility index (Phi) is 4.56. The summed E-state index contributed by atoms with van der Waals surface area (Å²) < 4.78 is 7.26. The number of halogens is 1. The van der Waals surface area contributed by atoms with Crippen LogP contribution in [0.4, 0.5) is 0 Å². The zero-order chi connectivity index (χ0) is 13.8. The standard InChI is InChI=1S/C14H17ClN2O2/c1-3-19-8-4-7-17-13-6-5-11(15)9-12(13)16-14(17)10(2)18/h5-6,9H,3-4,7-8H2,1-2H3. The van der Waals surface area contributed by atoms with Gasteiger partial charge in [0.05, 0.1) is 11.0 Å². The van der Waals surface area contributed by atoms with Gasteiger partial charge in [0.15, 0.2) is 11.6 Å². The number of hydrogen-bond donors (Lipinski definition) is 0. The van der Waals surface area contributed by atoms with Gasteiger partial charge in [-0.25, -0.2) is 4.98 Å². The number of benzene rings is 1. The van der Waals surface area contributed by atoms with Crippen LogP contribution in [0.1, 0.15) is 30.9 Å². The topological polar surface area (TPSA) is 44.1 Å². The number of Topliss-reactive ketones (excluding diaryl/α,β-unsaturated/α-hetero) is 1. The summed E-state index contributed by atoms with van der Waals surface area (Å²) in [5.41, 5.74) is 1.69. The molecule has 1 aromatic heterocycles. The van der Waals surface area contributed by atoms with Crippen molar-refractivity contribution in [1.29, 1.82) is 0 Å². The molecule has 2 rings (SSSR count). The molecule has 0 saturated carbocycles. The molecular weight excluding hydrogens is 264 g/mol. The van der Waals surface area contributed by atoms with E-state index in [1.54, 1.807) is 6.07 Å². The maximum atomic E-state index is 11.7. The second kappa shape index (κ2) is 6.17. The average molecular weight is 281 g/mol. The van der Waals surface area contributed by atoms with Gasteiger partial charge in [0.1, 0.15) is 0 Å². The van der Waals surface area contributed by atoms with E-state index in [1.807, 2.05) is 23.6 Å². The largest absolute Gasteiger partial charge is 0.382 e. The minimum absolute atomic E-state index is 0.0382. The molecule has 0 amide bonds. The minimum Gasteiger partial charge on any atom is -0.382 e. The van der Waals surface area contributed by atoms with Gasteiger partial charge in [-0.05, 0) is 31.5 Å². The van der Waals surface area contributed by atoms with Gasteiger partial charge in [0.2, 0.25) is 0 Å². The Labute approximate surface area is 117 Å². The maximum Gasteiger partial charge on any atom is 0.195 e. The zero-order valence-corrected chi connectivity index (χ0v) is 11.9. The second-order valence-corrected chi connectivity index (χ2v) is 4.76. The fraction of sp³-hybridized carbons (Fsp3) is 0.429. The first-order valence-corrected chi connectivity index (χ1v) is 6.75. The normalized spacial score (nSPS) is 11.1. The molecule has 0 aliphatic heterocycles. The number of aryl methyl sites for hydroxylation is 1. The Bertz CT molecular complexity index is 592. The third kappa shape index (κ3) is 3.14. The summed E-state index contributed by atoms with van der Waals surface area (Å²) in [6.45, 7) is 5.60. The second-order valence-electron chi connectivity index (χ2n) is 4.33. The minimum atomic E-state index is -0.0382. The van der Waals surface area contributed by atoms with Gasteiger partial charge in [0.25, 0.3) is 0 Å². The molecule has 0 spiro atoms. The number of ether oxygens (including phenoxy) is 1. The third-order valence-electron chi connectivity index (χ3n) is 2.90. The summed E-state index contributed by atoms with van der Waals surface area (Å²) in [4.78, 5) is 16.0. The van der Waals surface area contributed by atoms with E-state index < -0.39 is 0 Å². The molecule has 1 heterocycles. The van der Waals surface area contributed by atoms with Crippen molar-refractivity contribution in [2.45, 2.75) is 26.8 Å². The zero-order valence-electron chi connectivity index (χ0n) is 11.1. The monoisotopic (exact) mass is 280 g/mol. The number of ketones is 1. The van der Waals surface area contributed by atoms with E-state index in [9.17, 15) is 4.79 Å². The van der Waals surface area contributed by atoms with Crippen molar-refractivity contribution in [2.75, 3.05) is 13.2 Å². The molecule has 0 bridgehead atoms. The Hall–Kier alpha value is -1.39. The van der Waals surface area contributed by atoms with Gasteiger partial charge in [-0.15, -0.1) is 0 Å². The summed E-state index contributed by atoms with van der Waals surface area (Å²) in [6, 6.07) is 5.49. The van der Waals surface area contributed by atoms with Crippen LogP contribution in [0.15, 0.2) is 18.2 Å². The number of rotatable bonds is 6. The Balaban J connectivity index is 2.32. The Morgan fingerprint density at radius 2 is 2.26 bits per heavy atom. The highest BCUT2D eigenvalue weighted by molar-refractivity contribution is 6.31. The van der Waals surface area contributed by atoms with E-state index in [0.717, 1.165) is 17.5 Å². The predicted molar refractivity (Wildman–Crippen MR) is 75.9 cm³/mol. The summed E-state index contributed by atoms with van der Waals surface area (Å²) in [5, 5.41) is 0.626. The molecule has 19 heavy (non-hydrogen) atoms. The molecule has 0 fully saturated rings. The molecule has 4 nitrogen and oxygen atoms in total. The van der Waals surface area contributed by atoms with E-state index in [-0.39, 0.29) is 5.78 Å². The highest BCUT2D eigenvalue weighted by Gasteiger charge is 2.14. The molecule has 0 atom stereocenters. The van der Waals surface area contributed by atoms with Crippen LogP contribution >= 0.6 is 11.6 Å². The maximum absolute atomic E-state index is 11.7. The molecule has 0 aliphatic rings. The van der Waals surface area contributed by atoms with E-state index in [1.165, 1.54) is 6.92 Å². The molecule has 0 saturated heterocycles. The van der Waals surface area contributed by atoms with Crippen LogP contribution in [-0.4, -0.2) is 28.5 Å². The number of hydrogen-bond acceptors (Lipinski definition) is 3. The first kappa shape index (κ1) is 14.0. The highest BCUT2D eigenvalue weighted by Crippen LogP contribution is 2.21. The van der Waals surface area contributed by atoms with Gasteiger partial charge in [-0.1, -0.05) is 11.6 Å². The first-order valence-electron chi connectivity index (χ1n) is 6.38. The lowest BCUT2D eigenvalue weighted by Crippen LogP contribution is -2.09. The van der Waals surface area contributed by atoms with Crippen molar-refractivity contribution in [2.24, 2.45) is 0 Å². The smallest absolute Gasteiger partial charge is 0.195 e. The Morgan fingerprint density at radius 3 is 2.95 bits per heavy atom. The molecule has 5 heteroatoms. The van der Waals surface area contributed by atoms with E-state index >= 15 is 0 Å². The van der Waals surface area contributed by atoms with Gasteiger partial charge in [-0.3, -0.25) is 4.79 Å². The SMILES string of the molecule is CCOCCCn1c(C(C)=O)nc2cc(Cl)ccc21. The van der Waals surface area contributed by atoms with Crippen molar-refractivity contribution in [3.8, 4) is 0 Å². The molecule has 2 aromatic rings. The number of carbonyl (C=O) groups is 1.